The van der Waals surface area contributed by atoms with Crippen molar-refractivity contribution in [1.82, 2.24) is 0 Å². The summed E-state index contributed by atoms with van der Waals surface area (Å²) in [4.78, 5) is 24.1. The minimum absolute atomic E-state index is 0.0557. The molecule has 0 spiro atoms. The van der Waals surface area contributed by atoms with E-state index in [-0.39, 0.29) is 5.56 Å². The molecule has 0 aromatic heterocycles. The lowest BCUT2D eigenvalue weighted by molar-refractivity contribution is -0.189. The highest BCUT2D eigenvalue weighted by molar-refractivity contribution is 7.99. The minimum Gasteiger partial charge on any atom is -0.497 e. The number of thioether (sulfide) groups is 1. The maximum atomic E-state index is 13.1. The Labute approximate surface area is 166 Å². The fourth-order valence-corrected chi connectivity index (χ4v) is 3.80. The van der Waals surface area contributed by atoms with Crippen molar-refractivity contribution in [2.45, 2.75) is 22.5 Å². The lowest BCUT2D eigenvalue weighted by Gasteiger charge is -2.26. The first-order valence-electron chi connectivity index (χ1n) is 8.03. The number of ketones is 2. The number of ether oxygens (including phenoxy) is 1. The molecule has 0 radical (unpaired) electrons. The Morgan fingerprint density at radius 3 is 1.72 bits per heavy atom. The molecular weight excluding hydrogens is 422 g/mol. The van der Waals surface area contributed by atoms with Crippen molar-refractivity contribution in [3.8, 4) is 5.75 Å². The van der Waals surface area contributed by atoms with Crippen LogP contribution in [-0.4, -0.2) is 31.0 Å². The van der Waals surface area contributed by atoms with Crippen molar-refractivity contribution in [3.05, 3.63) is 60.2 Å². The number of benzene rings is 2. The van der Waals surface area contributed by atoms with Crippen LogP contribution in [0.2, 0.25) is 0 Å². The number of hydrogen-bond acceptors (Lipinski definition) is 4. The summed E-state index contributed by atoms with van der Waals surface area (Å²) in [5.41, 5.74) is -0.0557. The second kappa shape index (κ2) is 8.89. The number of halogens is 6. The van der Waals surface area contributed by atoms with Gasteiger partial charge in [0, 0.05) is 4.90 Å². The standard InChI is InChI=1S/C19H14F6O3S/c1-28-12-9-7-11(8-10-12)15(29-13-5-3-2-4-6-13)14(16(26)18(20,21)22)17(27)19(23,24)25/h2-10,14-15H,1H3. The van der Waals surface area contributed by atoms with Gasteiger partial charge in [-0.15, -0.1) is 11.8 Å². The molecule has 0 N–H and O–H groups in total. The second-order valence-corrected chi connectivity index (χ2v) is 7.04. The zero-order valence-electron chi connectivity index (χ0n) is 14.8. The van der Waals surface area contributed by atoms with Crippen LogP contribution in [0.4, 0.5) is 26.3 Å². The average Bonchev–Trinajstić information content (AvgIpc) is 2.66. The van der Waals surface area contributed by atoms with E-state index in [1.54, 1.807) is 6.07 Å². The Balaban J connectivity index is 2.61. The quantitative estimate of drug-likeness (QED) is 0.331. The molecule has 0 bridgehead atoms. The molecule has 0 heterocycles. The smallest absolute Gasteiger partial charge is 0.450 e. The normalized spacial score (nSPS) is 13.2. The molecule has 29 heavy (non-hydrogen) atoms. The van der Waals surface area contributed by atoms with Crippen LogP contribution in [0.25, 0.3) is 0 Å². The third kappa shape index (κ3) is 5.75. The summed E-state index contributed by atoms with van der Waals surface area (Å²) in [6.45, 7) is 0. The molecule has 10 heteroatoms. The zero-order chi connectivity index (χ0) is 21.8. The van der Waals surface area contributed by atoms with Gasteiger partial charge in [-0.2, -0.15) is 26.3 Å². The minimum atomic E-state index is -5.62. The van der Waals surface area contributed by atoms with Gasteiger partial charge in [0.25, 0.3) is 0 Å². The lowest BCUT2D eigenvalue weighted by Crippen LogP contribution is -2.43. The Morgan fingerprint density at radius 1 is 0.828 bits per heavy atom. The van der Waals surface area contributed by atoms with Gasteiger partial charge < -0.3 is 4.74 Å². The summed E-state index contributed by atoms with van der Waals surface area (Å²) < 4.78 is 83.4. The van der Waals surface area contributed by atoms with Crippen molar-refractivity contribution in [2.24, 2.45) is 5.92 Å². The van der Waals surface area contributed by atoms with Crippen molar-refractivity contribution in [3.63, 3.8) is 0 Å². The van der Waals surface area contributed by atoms with E-state index in [9.17, 15) is 35.9 Å². The van der Waals surface area contributed by atoms with E-state index in [1.165, 1.54) is 55.6 Å². The highest BCUT2D eigenvalue weighted by Gasteiger charge is 2.56. The highest BCUT2D eigenvalue weighted by Crippen LogP contribution is 2.46. The van der Waals surface area contributed by atoms with E-state index in [0.29, 0.717) is 22.4 Å². The number of hydrogen-bond donors (Lipinski definition) is 0. The monoisotopic (exact) mass is 436 g/mol. The van der Waals surface area contributed by atoms with E-state index in [4.69, 9.17) is 4.74 Å². The van der Waals surface area contributed by atoms with Gasteiger partial charge in [-0.1, -0.05) is 30.3 Å². The van der Waals surface area contributed by atoms with Crippen molar-refractivity contribution in [1.29, 1.82) is 0 Å². The maximum Gasteiger partial charge on any atom is 0.450 e. The summed E-state index contributed by atoms with van der Waals surface area (Å²) in [7, 11) is 1.33. The predicted octanol–water partition coefficient (Wildman–Crippen LogP) is 5.41. The molecule has 0 fully saturated rings. The van der Waals surface area contributed by atoms with Gasteiger partial charge in [0.2, 0.25) is 11.6 Å². The van der Waals surface area contributed by atoms with E-state index in [2.05, 4.69) is 0 Å². The lowest BCUT2D eigenvalue weighted by atomic mass is 9.89. The Morgan fingerprint density at radius 2 is 1.31 bits per heavy atom. The fourth-order valence-electron chi connectivity index (χ4n) is 2.51. The largest absolute Gasteiger partial charge is 0.497 e. The zero-order valence-corrected chi connectivity index (χ0v) is 15.6. The Bertz CT molecular complexity index is 821. The van der Waals surface area contributed by atoms with Crippen LogP contribution in [0.1, 0.15) is 10.8 Å². The summed E-state index contributed by atoms with van der Waals surface area (Å²) in [5, 5.41) is -1.76. The Hall–Kier alpha value is -2.49. The summed E-state index contributed by atoms with van der Waals surface area (Å²) in [5.74, 6) is -8.18. The van der Waals surface area contributed by atoms with Crippen LogP contribution in [0.3, 0.4) is 0 Å². The number of alkyl halides is 6. The predicted molar refractivity (Wildman–Crippen MR) is 93.6 cm³/mol. The number of rotatable bonds is 7. The SMILES string of the molecule is COc1ccc(C(Sc2ccccc2)C(C(=O)C(F)(F)F)C(=O)C(F)(F)F)cc1. The maximum absolute atomic E-state index is 13.1. The number of carbonyl (C=O) groups is 2. The van der Waals surface area contributed by atoms with Crippen LogP contribution >= 0.6 is 11.8 Å². The molecule has 1 atom stereocenters. The summed E-state index contributed by atoms with van der Waals surface area (Å²) in [6, 6.07) is 12.6. The Kier molecular flexibility index (Phi) is 6.99. The van der Waals surface area contributed by atoms with Crippen LogP contribution in [0, 0.1) is 5.92 Å². The molecule has 3 nitrogen and oxygen atoms in total. The summed E-state index contributed by atoms with van der Waals surface area (Å²) in [6.07, 6.45) is -11.2. The van der Waals surface area contributed by atoms with Crippen LogP contribution in [0.5, 0.6) is 5.75 Å². The van der Waals surface area contributed by atoms with Crippen LogP contribution in [-0.2, 0) is 9.59 Å². The molecule has 2 rings (SSSR count). The third-order valence-electron chi connectivity index (χ3n) is 3.88. The first-order valence-corrected chi connectivity index (χ1v) is 8.91. The van der Waals surface area contributed by atoms with Crippen LogP contribution in [0.15, 0.2) is 59.5 Å². The molecule has 0 saturated heterocycles. The van der Waals surface area contributed by atoms with Gasteiger partial charge in [-0.05, 0) is 29.8 Å². The van der Waals surface area contributed by atoms with Crippen LogP contribution < -0.4 is 4.74 Å². The molecule has 2 aromatic carbocycles. The molecule has 0 aliphatic rings. The number of methoxy groups -OCH3 is 1. The van der Waals surface area contributed by atoms with E-state index in [0.717, 1.165) is 0 Å². The van der Waals surface area contributed by atoms with Crippen molar-refractivity contribution >= 4 is 23.3 Å². The second-order valence-electron chi connectivity index (χ2n) is 5.83. The van der Waals surface area contributed by atoms with Crippen molar-refractivity contribution < 1.29 is 40.7 Å². The molecule has 2 aromatic rings. The van der Waals surface area contributed by atoms with E-state index < -0.39 is 35.1 Å². The molecular formula is C19H14F6O3S. The number of carbonyl (C=O) groups excluding carboxylic acids is 2. The topological polar surface area (TPSA) is 43.4 Å². The van der Waals surface area contributed by atoms with Gasteiger partial charge in [-0.3, -0.25) is 9.59 Å². The highest BCUT2D eigenvalue weighted by atomic mass is 32.2. The van der Waals surface area contributed by atoms with Gasteiger partial charge in [0.1, 0.15) is 11.7 Å². The van der Waals surface area contributed by atoms with Gasteiger partial charge >= 0.3 is 12.4 Å². The van der Waals surface area contributed by atoms with Crippen molar-refractivity contribution in [2.75, 3.05) is 7.11 Å². The molecule has 0 amide bonds. The molecule has 0 saturated carbocycles. The summed E-state index contributed by atoms with van der Waals surface area (Å²) >= 11 is 0.570. The first-order chi connectivity index (χ1) is 13.4. The van der Waals surface area contributed by atoms with Gasteiger partial charge in [0.05, 0.1) is 12.4 Å². The molecule has 1 unspecified atom stereocenters. The van der Waals surface area contributed by atoms with E-state index in [1.807, 2.05) is 0 Å². The van der Waals surface area contributed by atoms with Gasteiger partial charge in [0.15, 0.2) is 0 Å². The molecule has 156 valence electrons. The average molecular weight is 436 g/mol. The number of Topliss-reactive ketones (excluding diaryl/α,β-unsaturated/α-hetero) is 2. The molecule has 0 aliphatic carbocycles. The fraction of sp³-hybridized carbons (Fsp3) is 0.263. The van der Waals surface area contributed by atoms with Gasteiger partial charge in [-0.25, -0.2) is 0 Å². The third-order valence-corrected chi connectivity index (χ3v) is 5.22. The first kappa shape index (κ1) is 22.8. The molecule has 0 aliphatic heterocycles. The van der Waals surface area contributed by atoms with E-state index >= 15 is 0 Å².